The van der Waals surface area contributed by atoms with Crippen molar-refractivity contribution in [1.82, 2.24) is 5.32 Å². The molecule has 0 saturated heterocycles. The Balaban J connectivity index is 2.82. The van der Waals surface area contributed by atoms with Crippen molar-refractivity contribution >= 4 is 27.5 Å². The molecule has 0 saturated carbocycles. The molecule has 0 radical (unpaired) electrons. The topological polar surface area (TPSA) is 46.2 Å². The maximum atomic E-state index is 12.0. The summed E-state index contributed by atoms with van der Waals surface area (Å²) in [6, 6.07) is 7.93. The lowest BCUT2D eigenvalue weighted by atomic mass is 9.95. The fraction of sp³-hybridized carbons (Fsp3) is 0.412. The van der Waals surface area contributed by atoms with Gasteiger partial charge in [0.2, 0.25) is 0 Å². The van der Waals surface area contributed by atoms with Crippen LogP contribution < -0.4 is 5.32 Å². The van der Waals surface area contributed by atoms with E-state index in [1.54, 1.807) is 6.92 Å². The van der Waals surface area contributed by atoms with E-state index in [-0.39, 0.29) is 29.9 Å². The van der Waals surface area contributed by atoms with Gasteiger partial charge in [-0.2, -0.15) is 0 Å². The minimum absolute atomic E-state index is 0.0179. The molecule has 4 heteroatoms. The quantitative estimate of drug-likeness (QED) is 0.564. The number of ketones is 2. The average Bonchev–Trinajstić information content (AvgIpc) is 2.43. The van der Waals surface area contributed by atoms with Crippen molar-refractivity contribution in [1.29, 1.82) is 0 Å². The van der Waals surface area contributed by atoms with E-state index in [0.717, 1.165) is 10.0 Å². The Morgan fingerprint density at radius 2 is 2.00 bits per heavy atom. The molecule has 0 aromatic heterocycles. The van der Waals surface area contributed by atoms with E-state index in [1.807, 2.05) is 24.3 Å². The maximum absolute atomic E-state index is 12.0. The predicted molar refractivity (Wildman–Crippen MR) is 88.9 cm³/mol. The zero-order valence-electron chi connectivity index (χ0n) is 12.8. The van der Waals surface area contributed by atoms with Crippen LogP contribution in [0.3, 0.4) is 0 Å². The van der Waals surface area contributed by atoms with E-state index in [1.165, 1.54) is 0 Å². The second-order valence-corrected chi connectivity index (χ2v) is 6.31. The van der Waals surface area contributed by atoms with Crippen molar-refractivity contribution in [2.45, 2.75) is 39.7 Å². The van der Waals surface area contributed by atoms with Gasteiger partial charge in [0.25, 0.3) is 0 Å². The smallest absolute Gasteiger partial charge is 0.185 e. The van der Waals surface area contributed by atoms with Gasteiger partial charge < -0.3 is 5.32 Å². The minimum Gasteiger partial charge on any atom is -0.376 e. The number of carbonyl (C=O) groups excluding carboxylic acids is 2. The summed E-state index contributed by atoms with van der Waals surface area (Å²) in [7, 11) is 0. The number of carbonyl (C=O) groups is 2. The highest BCUT2D eigenvalue weighted by molar-refractivity contribution is 9.10. The van der Waals surface area contributed by atoms with Gasteiger partial charge in [0.1, 0.15) is 5.78 Å². The van der Waals surface area contributed by atoms with Crippen LogP contribution >= 0.6 is 15.9 Å². The number of benzene rings is 1. The largest absolute Gasteiger partial charge is 0.376 e. The van der Waals surface area contributed by atoms with Crippen LogP contribution in [0.15, 0.2) is 41.0 Å². The van der Waals surface area contributed by atoms with Crippen molar-refractivity contribution in [2.24, 2.45) is 5.92 Å². The first-order valence-electron chi connectivity index (χ1n) is 7.11. The van der Waals surface area contributed by atoms with Gasteiger partial charge in [-0.25, -0.2) is 0 Å². The van der Waals surface area contributed by atoms with Gasteiger partial charge in [-0.3, -0.25) is 9.59 Å². The molecule has 1 N–H and O–H groups in total. The summed E-state index contributed by atoms with van der Waals surface area (Å²) in [6.07, 6.45) is 0.296. The monoisotopic (exact) mass is 351 g/mol. The molecule has 1 unspecified atom stereocenters. The van der Waals surface area contributed by atoms with Gasteiger partial charge in [-0.15, -0.1) is 0 Å². The Kier molecular flexibility index (Phi) is 6.82. The fourth-order valence-electron chi connectivity index (χ4n) is 2.01. The molecule has 0 aliphatic rings. The SMILES string of the molecule is C=C(NC(c1cccc(Br)c1)C(C)C)C(=O)CC(=O)CC. The van der Waals surface area contributed by atoms with E-state index in [0.29, 0.717) is 12.1 Å². The molecule has 3 nitrogen and oxygen atoms in total. The molecular weight excluding hydrogens is 330 g/mol. The molecule has 1 atom stereocenters. The Labute approximate surface area is 134 Å². The van der Waals surface area contributed by atoms with Gasteiger partial charge in [-0.1, -0.05) is 55.4 Å². The highest BCUT2D eigenvalue weighted by Crippen LogP contribution is 2.25. The first-order chi connectivity index (χ1) is 9.85. The van der Waals surface area contributed by atoms with E-state index < -0.39 is 0 Å². The summed E-state index contributed by atoms with van der Waals surface area (Å²) in [5, 5.41) is 3.17. The third kappa shape index (κ3) is 5.46. The zero-order chi connectivity index (χ0) is 16.0. The van der Waals surface area contributed by atoms with Crippen molar-refractivity contribution in [2.75, 3.05) is 0 Å². The number of Topliss-reactive ketones (excluding diaryl/α,β-unsaturated/α-hetero) is 2. The summed E-state index contributed by atoms with van der Waals surface area (Å²) < 4.78 is 0.991. The second kappa shape index (κ2) is 8.13. The molecule has 21 heavy (non-hydrogen) atoms. The Hall–Kier alpha value is -1.42. The third-order valence-electron chi connectivity index (χ3n) is 3.29. The molecule has 0 amide bonds. The van der Waals surface area contributed by atoms with E-state index in [4.69, 9.17) is 0 Å². The highest BCUT2D eigenvalue weighted by Gasteiger charge is 2.20. The minimum atomic E-state index is -0.234. The lowest BCUT2D eigenvalue weighted by Crippen LogP contribution is -2.29. The fourth-order valence-corrected chi connectivity index (χ4v) is 2.43. The summed E-state index contributed by atoms with van der Waals surface area (Å²) in [5.41, 5.74) is 1.38. The van der Waals surface area contributed by atoms with Gasteiger partial charge >= 0.3 is 0 Å². The Bertz CT molecular complexity index is 537. The number of hydrogen-bond donors (Lipinski definition) is 1. The van der Waals surface area contributed by atoms with Gasteiger partial charge in [0.05, 0.1) is 18.2 Å². The molecule has 0 aliphatic carbocycles. The Morgan fingerprint density at radius 1 is 1.33 bits per heavy atom. The standard InChI is InChI=1S/C17H22BrNO2/c1-5-15(20)10-16(21)12(4)19-17(11(2)3)13-7-6-8-14(18)9-13/h6-9,11,17,19H,4-5,10H2,1-3H3. The van der Waals surface area contributed by atoms with Crippen LogP contribution in [0, 0.1) is 5.92 Å². The Morgan fingerprint density at radius 3 is 2.52 bits per heavy atom. The summed E-state index contributed by atoms with van der Waals surface area (Å²) >= 11 is 3.45. The van der Waals surface area contributed by atoms with Crippen molar-refractivity contribution in [3.05, 3.63) is 46.6 Å². The van der Waals surface area contributed by atoms with Crippen LogP contribution in [0.5, 0.6) is 0 Å². The van der Waals surface area contributed by atoms with Gasteiger partial charge in [0.15, 0.2) is 5.78 Å². The molecule has 0 fully saturated rings. The number of allylic oxidation sites excluding steroid dienone is 1. The molecule has 0 bridgehead atoms. The van der Waals surface area contributed by atoms with Crippen LogP contribution in [-0.2, 0) is 9.59 Å². The lowest BCUT2D eigenvalue weighted by Gasteiger charge is -2.25. The van der Waals surface area contributed by atoms with Crippen LogP contribution in [0.2, 0.25) is 0 Å². The second-order valence-electron chi connectivity index (χ2n) is 5.39. The third-order valence-corrected chi connectivity index (χ3v) is 3.79. The van der Waals surface area contributed by atoms with Crippen LogP contribution in [0.4, 0.5) is 0 Å². The number of rotatable bonds is 8. The van der Waals surface area contributed by atoms with Crippen LogP contribution in [-0.4, -0.2) is 11.6 Å². The highest BCUT2D eigenvalue weighted by atomic mass is 79.9. The van der Waals surface area contributed by atoms with E-state index >= 15 is 0 Å². The van der Waals surface area contributed by atoms with Crippen LogP contribution in [0.25, 0.3) is 0 Å². The summed E-state index contributed by atoms with van der Waals surface area (Å²) in [4.78, 5) is 23.3. The van der Waals surface area contributed by atoms with Gasteiger partial charge in [0, 0.05) is 10.9 Å². The molecule has 1 rings (SSSR count). The van der Waals surface area contributed by atoms with E-state index in [2.05, 4.69) is 41.7 Å². The lowest BCUT2D eigenvalue weighted by molar-refractivity contribution is -0.125. The van der Waals surface area contributed by atoms with Gasteiger partial charge in [-0.05, 0) is 23.6 Å². The molecule has 0 spiro atoms. The number of halogens is 1. The van der Waals surface area contributed by atoms with Crippen LogP contribution in [0.1, 0.15) is 45.2 Å². The summed E-state index contributed by atoms with van der Waals surface area (Å²) in [5.74, 6) is -0.0141. The number of nitrogens with one attached hydrogen (secondary N) is 1. The van der Waals surface area contributed by atoms with Crippen molar-refractivity contribution in [3.8, 4) is 0 Å². The molecule has 0 aliphatic heterocycles. The maximum Gasteiger partial charge on any atom is 0.185 e. The molecule has 1 aromatic carbocycles. The van der Waals surface area contributed by atoms with Crippen molar-refractivity contribution < 1.29 is 9.59 Å². The molecule has 0 heterocycles. The first kappa shape index (κ1) is 17.6. The number of hydrogen-bond acceptors (Lipinski definition) is 3. The first-order valence-corrected chi connectivity index (χ1v) is 7.90. The normalized spacial score (nSPS) is 12.0. The average molecular weight is 352 g/mol. The van der Waals surface area contributed by atoms with E-state index in [9.17, 15) is 9.59 Å². The molecule has 1 aromatic rings. The molecular formula is C17H22BrNO2. The predicted octanol–water partition coefficient (Wildman–Crippen LogP) is 4.19. The van der Waals surface area contributed by atoms with Crippen molar-refractivity contribution in [3.63, 3.8) is 0 Å². The zero-order valence-corrected chi connectivity index (χ0v) is 14.4. The summed E-state index contributed by atoms with van der Waals surface area (Å²) in [6.45, 7) is 9.70. The molecule has 114 valence electrons.